The lowest BCUT2D eigenvalue weighted by atomic mass is 10.1. The fourth-order valence-corrected chi connectivity index (χ4v) is 2.89. The monoisotopic (exact) mass is 215 g/mol. The molecule has 1 aliphatic heterocycles. The maximum absolute atomic E-state index is 12.1. The lowest BCUT2D eigenvalue weighted by Crippen LogP contribution is -2.62. The van der Waals surface area contributed by atoms with E-state index in [1.807, 2.05) is 0 Å². The van der Waals surface area contributed by atoms with Crippen LogP contribution in [-0.4, -0.2) is 37.7 Å². The van der Waals surface area contributed by atoms with Crippen LogP contribution < -0.4 is 0 Å². The Bertz CT molecular complexity index is 353. The van der Waals surface area contributed by atoms with Crippen LogP contribution >= 0.6 is 0 Å². The molecule has 0 aromatic heterocycles. The number of hydrogen-bond donors (Lipinski definition) is 0. The fraction of sp³-hybridized carbons (Fsp3) is 0.800. The molecule has 1 fully saturated rings. The molecule has 1 aliphatic rings. The minimum Gasteiger partial charge on any atom is -0.229 e. The number of halogens is 3. The van der Waals surface area contributed by atoms with Gasteiger partial charge in [0.2, 0.25) is 6.08 Å². The Hall–Kier alpha value is -0.880. The second-order valence-electron chi connectivity index (χ2n) is 2.76. The van der Waals surface area contributed by atoms with Gasteiger partial charge in [-0.15, -0.1) is 0 Å². The molecule has 0 N–H and O–H groups in total. The highest BCUT2D eigenvalue weighted by molar-refractivity contribution is 7.93. The van der Waals surface area contributed by atoms with E-state index in [1.54, 1.807) is 0 Å². The van der Waals surface area contributed by atoms with Crippen molar-refractivity contribution in [1.82, 2.24) is 0 Å². The van der Waals surface area contributed by atoms with E-state index in [2.05, 4.69) is 4.99 Å². The topological polar surface area (TPSA) is 63.6 Å². The van der Waals surface area contributed by atoms with Crippen LogP contribution in [0.15, 0.2) is 4.99 Å². The van der Waals surface area contributed by atoms with Gasteiger partial charge in [-0.25, -0.2) is 13.2 Å². The van der Waals surface area contributed by atoms with Crippen LogP contribution in [0.2, 0.25) is 0 Å². The van der Waals surface area contributed by atoms with Crippen molar-refractivity contribution in [3.05, 3.63) is 0 Å². The molecule has 0 atom stereocenters. The molecule has 0 amide bonds. The summed E-state index contributed by atoms with van der Waals surface area (Å²) in [5.41, 5.74) is -2.74. The zero-order valence-corrected chi connectivity index (χ0v) is 6.94. The minimum absolute atomic E-state index is 0.745. The van der Waals surface area contributed by atoms with E-state index in [1.165, 1.54) is 0 Å². The molecular formula is C5H4F3NO3S. The van der Waals surface area contributed by atoms with Gasteiger partial charge in [-0.1, -0.05) is 0 Å². The molecule has 1 saturated heterocycles. The highest BCUT2D eigenvalue weighted by atomic mass is 32.2. The summed E-state index contributed by atoms with van der Waals surface area (Å²) >= 11 is 0. The van der Waals surface area contributed by atoms with Crippen molar-refractivity contribution in [2.45, 2.75) is 11.7 Å². The number of isocyanates is 1. The van der Waals surface area contributed by atoms with Crippen LogP contribution in [-0.2, 0) is 14.6 Å². The van der Waals surface area contributed by atoms with Crippen molar-refractivity contribution < 1.29 is 26.4 Å². The molecule has 0 aromatic rings. The van der Waals surface area contributed by atoms with E-state index in [4.69, 9.17) is 0 Å². The Balaban J connectivity index is 3.03. The Labute approximate surface area is 71.4 Å². The quantitative estimate of drug-likeness (QED) is 0.458. The molecule has 0 spiro atoms. The van der Waals surface area contributed by atoms with Gasteiger partial charge < -0.3 is 0 Å². The molecule has 1 heterocycles. The average molecular weight is 215 g/mol. The number of alkyl halides is 3. The van der Waals surface area contributed by atoms with Gasteiger partial charge in [-0.3, -0.25) is 0 Å². The summed E-state index contributed by atoms with van der Waals surface area (Å²) in [6, 6.07) is 0. The SMILES string of the molecule is O=C=NC1(C(F)(F)F)CS(=O)(=O)C1. The van der Waals surface area contributed by atoms with Crippen molar-refractivity contribution in [1.29, 1.82) is 0 Å². The molecule has 0 saturated carbocycles. The molecule has 0 radical (unpaired) electrons. The molecule has 13 heavy (non-hydrogen) atoms. The van der Waals surface area contributed by atoms with Crippen molar-refractivity contribution in [2.24, 2.45) is 4.99 Å². The van der Waals surface area contributed by atoms with Gasteiger partial charge in [0, 0.05) is 0 Å². The van der Waals surface area contributed by atoms with E-state index in [-0.39, 0.29) is 0 Å². The third-order valence-electron chi connectivity index (χ3n) is 1.70. The second-order valence-corrected chi connectivity index (χ2v) is 4.83. The number of rotatable bonds is 1. The summed E-state index contributed by atoms with van der Waals surface area (Å²) < 4.78 is 57.5. The van der Waals surface area contributed by atoms with Gasteiger partial charge in [0.15, 0.2) is 15.4 Å². The summed E-state index contributed by atoms with van der Waals surface area (Å²) in [4.78, 5) is 12.2. The standard InChI is InChI=1S/C5H4F3NO3S/c6-5(7,8)4(9-3-10)1-13(11,12)2-4/h1-2H2. The lowest BCUT2D eigenvalue weighted by Gasteiger charge is -2.37. The van der Waals surface area contributed by atoms with Crippen LogP contribution in [0.1, 0.15) is 0 Å². The molecule has 0 aliphatic carbocycles. The molecule has 4 nitrogen and oxygen atoms in total. The number of sulfone groups is 1. The van der Waals surface area contributed by atoms with Crippen molar-refractivity contribution in [3.8, 4) is 0 Å². The van der Waals surface area contributed by atoms with Crippen molar-refractivity contribution in [3.63, 3.8) is 0 Å². The second kappa shape index (κ2) is 2.55. The normalized spacial score (nSPS) is 24.2. The zero-order chi connectivity index (χ0) is 10.3. The largest absolute Gasteiger partial charge is 0.416 e. The molecule has 0 unspecified atom stereocenters. The van der Waals surface area contributed by atoms with Gasteiger partial charge in [0.25, 0.3) is 0 Å². The predicted octanol–water partition coefficient (Wildman–Crippen LogP) is 0.0517. The van der Waals surface area contributed by atoms with Gasteiger partial charge in [0.1, 0.15) is 0 Å². The third-order valence-corrected chi connectivity index (χ3v) is 3.54. The molecular weight excluding hydrogens is 211 g/mol. The van der Waals surface area contributed by atoms with Crippen LogP contribution in [0.25, 0.3) is 0 Å². The molecule has 0 bridgehead atoms. The summed E-state index contributed by atoms with van der Waals surface area (Å²) in [6.07, 6.45) is -4.06. The third kappa shape index (κ3) is 1.59. The molecule has 1 rings (SSSR count). The maximum Gasteiger partial charge on any atom is 0.416 e. The first-order valence-corrected chi connectivity index (χ1v) is 4.91. The lowest BCUT2D eigenvalue weighted by molar-refractivity contribution is -0.175. The Morgan fingerprint density at radius 2 is 1.77 bits per heavy atom. The van der Waals surface area contributed by atoms with Gasteiger partial charge in [0.05, 0.1) is 11.5 Å². The first-order valence-electron chi connectivity index (χ1n) is 3.09. The first-order chi connectivity index (χ1) is 5.72. The van der Waals surface area contributed by atoms with E-state index in [9.17, 15) is 26.4 Å². The maximum atomic E-state index is 12.1. The number of nitrogens with zero attached hydrogens (tertiary/aromatic N) is 1. The summed E-state index contributed by atoms with van der Waals surface area (Å²) in [7, 11) is -3.69. The predicted molar refractivity (Wildman–Crippen MR) is 35.6 cm³/mol. The number of carbonyl (C=O) groups excluding carboxylic acids is 1. The van der Waals surface area contributed by atoms with Crippen LogP contribution in [0, 0.1) is 0 Å². The number of aliphatic imine (C=N–C) groups is 1. The van der Waals surface area contributed by atoms with Crippen molar-refractivity contribution in [2.75, 3.05) is 11.5 Å². The minimum atomic E-state index is -4.81. The van der Waals surface area contributed by atoms with Gasteiger partial charge >= 0.3 is 6.18 Å². The van der Waals surface area contributed by atoms with Gasteiger partial charge in [-0.2, -0.15) is 18.2 Å². The van der Waals surface area contributed by atoms with E-state index < -0.39 is 33.1 Å². The fourth-order valence-electron chi connectivity index (χ4n) is 1.06. The Morgan fingerprint density at radius 3 is 2.00 bits per heavy atom. The average Bonchev–Trinajstić information content (AvgIpc) is 1.80. The van der Waals surface area contributed by atoms with E-state index in [0.717, 1.165) is 6.08 Å². The number of hydrogen-bond acceptors (Lipinski definition) is 4. The molecule has 0 aromatic carbocycles. The smallest absolute Gasteiger partial charge is 0.229 e. The van der Waals surface area contributed by atoms with Crippen LogP contribution in [0.5, 0.6) is 0 Å². The first kappa shape index (κ1) is 10.2. The van der Waals surface area contributed by atoms with E-state index in [0.29, 0.717) is 0 Å². The Morgan fingerprint density at radius 1 is 1.31 bits per heavy atom. The molecule has 74 valence electrons. The summed E-state index contributed by atoms with van der Waals surface area (Å²) in [6.45, 7) is 0. The molecule has 8 heteroatoms. The summed E-state index contributed by atoms with van der Waals surface area (Å²) in [5, 5.41) is 0. The van der Waals surface area contributed by atoms with Crippen molar-refractivity contribution >= 4 is 15.9 Å². The Kier molecular flexibility index (Phi) is 2.00. The summed E-state index contributed by atoms with van der Waals surface area (Å²) in [5.74, 6) is -2.31. The highest BCUT2D eigenvalue weighted by Crippen LogP contribution is 2.42. The van der Waals surface area contributed by atoms with Crippen LogP contribution in [0.4, 0.5) is 13.2 Å². The van der Waals surface area contributed by atoms with Crippen LogP contribution in [0.3, 0.4) is 0 Å². The highest BCUT2D eigenvalue weighted by Gasteiger charge is 2.66. The van der Waals surface area contributed by atoms with E-state index >= 15 is 0 Å². The van der Waals surface area contributed by atoms with Gasteiger partial charge in [-0.05, 0) is 0 Å². The zero-order valence-electron chi connectivity index (χ0n) is 6.13.